The first kappa shape index (κ1) is 26.2. The second-order valence-electron chi connectivity index (χ2n) is 11.4. The van der Waals surface area contributed by atoms with Crippen LogP contribution in [0.2, 0.25) is 0 Å². The van der Waals surface area contributed by atoms with Crippen molar-refractivity contribution in [1.82, 2.24) is 4.90 Å². The van der Waals surface area contributed by atoms with E-state index in [2.05, 4.69) is 55.5 Å². The van der Waals surface area contributed by atoms with Gasteiger partial charge in [0, 0.05) is 5.92 Å². The van der Waals surface area contributed by atoms with Crippen LogP contribution < -0.4 is 0 Å². The second-order valence-corrected chi connectivity index (χ2v) is 11.4. The Morgan fingerprint density at radius 2 is 1.43 bits per heavy atom. The Morgan fingerprint density at radius 3 is 2.03 bits per heavy atom. The molecule has 2 bridgehead atoms. The van der Waals surface area contributed by atoms with Gasteiger partial charge in [-0.2, -0.15) is 0 Å². The predicted molar refractivity (Wildman–Crippen MR) is 147 cm³/mol. The van der Waals surface area contributed by atoms with E-state index in [1.807, 2.05) is 4.90 Å². The zero-order valence-corrected chi connectivity index (χ0v) is 22.4. The number of unbranched alkanes of at least 4 members (excludes halogenated alkanes) is 7. The van der Waals surface area contributed by atoms with Gasteiger partial charge in [0.15, 0.2) is 0 Å². The van der Waals surface area contributed by atoms with Crippen molar-refractivity contribution in [3.63, 3.8) is 0 Å². The molecule has 2 saturated heterocycles. The first-order valence-corrected chi connectivity index (χ1v) is 14.5. The molecule has 2 fully saturated rings. The second kappa shape index (κ2) is 12.0. The van der Waals surface area contributed by atoms with Gasteiger partial charge in [0.1, 0.15) is 6.61 Å². The molecule has 2 atom stereocenters. The van der Waals surface area contributed by atoms with Crippen LogP contribution in [-0.2, 0) is 9.47 Å². The molecule has 2 unspecified atom stereocenters. The van der Waals surface area contributed by atoms with Crippen LogP contribution in [0.5, 0.6) is 0 Å². The monoisotopic (exact) mass is 505 g/mol. The van der Waals surface area contributed by atoms with Crippen molar-refractivity contribution in [2.45, 2.75) is 101 Å². The molecule has 2 aromatic rings. The zero-order chi connectivity index (χ0) is 25.7. The fraction of sp³-hybridized carbons (Fsp3) is 0.594. The lowest BCUT2D eigenvalue weighted by Gasteiger charge is -2.51. The molecule has 0 saturated carbocycles. The SMILES string of the molecule is CCCCCCCCCCC1(O)CC2COCC(C1)N2C(=O)OCC1c2ccccc2-c2ccccc21. The highest BCUT2D eigenvalue weighted by molar-refractivity contribution is 5.79. The molecule has 1 N–H and O–H groups in total. The van der Waals surface area contributed by atoms with Crippen LogP contribution in [0.15, 0.2) is 48.5 Å². The zero-order valence-electron chi connectivity index (χ0n) is 22.4. The average molecular weight is 506 g/mol. The topological polar surface area (TPSA) is 59.0 Å². The average Bonchev–Trinajstić information content (AvgIpc) is 3.22. The maximum atomic E-state index is 13.4. The summed E-state index contributed by atoms with van der Waals surface area (Å²) >= 11 is 0. The highest BCUT2D eigenvalue weighted by Crippen LogP contribution is 2.45. The number of benzene rings is 2. The first-order valence-electron chi connectivity index (χ1n) is 14.5. The summed E-state index contributed by atoms with van der Waals surface area (Å²) in [6.07, 6.45) is 11.8. The number of rotatable bonds is 11. The van der Waals surface area contributed by atoms with E-state index in [1.54, 1.807) is 0 Å². The smallest absolute Gasteiger partial charge is 0.410 e. The van der Waals surface area contributed by atoms with Crippen molar-refractivity contribution in [1.29, 1.82) is 0 Å². The van der Waals surface area contributed by atoms with E-state index in [1.165, 1.54) is 67.2 Å². The third-order valence-electron chi connectivity index (χ3n) is 8.68. The molecule has 2 aliphatic heterocycles. The van der Waals surface area contributed by atoms with E-state index in [0.717, 1.165) is 12.8 Å². The van der Waals surface area contributed by atoms with E-state index < -0.39 is 5.60 Å². The largest absolute Gasteiger partial charge is 0.448 e. The minimum atomic E-state index is -0.707. The summed E-state index contributed by atoms with van der Waals surface area (Å²) < 4.78 is 11.8. The number of aliphatic hydroxyl groups is 1. The van der Waals surface area contributed by atoms with Crippen LogP contribution in [0.4, 0.5) is 4.79 Å². The van der Waals surface area contributed by atoms with Gasteiger partial charge in [0.05, 0.1) is 30.9 Å². The Bertz CT molecular complexity index is 993. The molecule has 5 nitrogen and oxygen atoms in total. The van der Waals surface area contributed by atoms with Crippen molar-refractivity contribution in [2.75, 3.05) is 19.8 Å². The van der Waals surface area contributed by atoms with E-state index in [-0.39, 0.29) is 24.1 Å². The third-order valence-corrected chi connectivity index (χ3v) is 8.68. The van der Waals surface area contributed by atoms with Crippen LogP contribution in [-0.4, -0.2) is 53.6 Å². The minimum Gasteiger partial charge on any atom is -0.448 e. The number of piperidine rings is 1. The van der Waals surface area contributed by atoms with Gasteiger partial charge in [-0.25, -0.2) is 4.79 Å². The molecule has 3 aliphatic rings. The summed E-state index contributed by atoms with van der Waals surface area (Å²) in [5.74, 6) is 0.0520. The summed E-state index contributed by atoms with van der Waals surface area (Å²) in [7, 11) is 0. The Morgan fingerprint density at radius 1 is 0.892 bits per heavy atom. The molecule has 0 spiro atoms. The predicted octanol–water partition coefficient (Wildman–Crippen LogP) is 7.06. The Balaban J connectivity index is 1.15. The molecule has 2 aromatic carbocycles. The van der Waals surface area contributed by atoms with Crippen LogP contribution in [0, 0.1) is 0 Å². The van der Waals surface area contributed by atoms with Gasteiger partial charge < -0.3 is 14.6 Å². The fourth-order valence-corrected chi connectivity index (χ4v) is 6.83. The number of nitrogens with zero attached hydrogens (tertiary/aromatic N) is 1. The van der Waals surface area contributed by atoms with E-state index in [0.29, 0.717) is 32.7 Å². The summed E-state index contributed by atoms with van der Waals surface area (Å²) in [6.45, 7) is 3.52. The van der Waals surface area contributed by atoms with E-state index in [4.69, 9.17) is 9.47 Å². The number of carbonyl (C=O) groups excluding carboxylic acids is 1. The molecule has 200 valence electrons. The van der Waals surface area contributed by atoms with Gasteiger partial charge in [0.2, 0.25) is 0 Å². The highest BCUT2D eigenvalue weighted by atomic mass is 16.6. The number of carbonyl (C=O) groups is 1. The standard InChI is InChI=1S/C32H43NO4/c1-2-3-4-5-6-7-8-13-18-32(35)19-24-21-36-22-25(20-32)33(24)31(34)37-23-30-28-16-11-9-14-26(28)27-15-10-12-17-29(27)30/h9-12,14-17,24-25,30,35H,2-8,13,18-23H2,1H3. The maximum Gasteiger partial charge on any atom is 0.410 e. The summed E-state index contributed by atoms with van der Waals surface area (Å²) in [4.78, 5) is 15.3. The van der Waals surface area contributed by atoms with Gasteiger partial charge >= 0.3 is 6.09 Å². The molecule has 37 heavy (non-hydrogen) atoms. The molecule has 0 radical (unpaired) electrons. The molecule has 5 rings (SSSR count). The van der Waals surface area contributed by atoms with Crippen LogP contribution in [0.25, 0.3) is 11.1 Å². The van der Waals surface area contributed by atoms with Crippen molar-refractivity contribution < 1.29 is 19.4 Å². The summed E-state index contributed by atoms with van der Waals surface area (Å²) in [5.41, 5.74) is 4.19. The minimum absolute atomic E-state index is 0.0520. The number of amides is 1. The third kappa shape index (κ3) is 5.88. The lowest BCUT2D eigenvalue weighted by molar-refractivity contribution is -0.135. The Hall–Kier alpha value is -2.37. The summed E-state index contributed by atoms with van der Waals surface area (Å²) in [6, 6.07) is 16.6. The number of ether oxygens (including phenoxy) is 2. The number of hydrogen-bond acceptors (Lipinski definition) is 4. The normalized spacial score (nSPS) is 24.5. The van der Waals surface area contributed by atoms with E-state index in [9.17, 15) is 9.90 Å². The number of hydrogen-bond donors (Lipinski definition) is 1. The quantitative estimate of drug-likeness (QED) is 0.332. The maximum absolute atomic E-state index is 13.4. The van der Waals surface area contributed by atoms with Crippen LogP contribution in [0.1, 0.15) is 94.6 Å². The van der Waals surface area contributed by atoms with Gasteiger partial charge in [-0.15, -0.1) is 0 Å². The van der Waals surface area contributed by atoms with Gasteiger partial charge in [0.25, 0.3) is 0 Å². The molecule has 0 aromatic heterocycles. The lowest BCUT2D eigenvalue weighted by atomic mass is 9.78. The lowest BCUT2D eigenvalue weighted by Crippen LogP contribution is -2.63. The highest BCUT2D eigenvalue weighted by Gasteiger charge is 2.48. The van der Waals surface area contributed by atoms with Gasteiger partial charge in [-0.3, -0.25) is 4.90 Å². The van der Waals surface area contributed by atoms with Crippen molar-refractivity contribution >= 4 is 6.09 Å². The van der Waals surface area contributed by atoms with Gasteiger partial charge in [-0.05, 0) is 41.5 Å². The first-order chi connectivity index (χ1) is 18.1. The molecular weight excluding hydrogens is 462 g/mol. The van der Waals surface area contributed by atoms with Crippen molar-refractivity contribution in [2.24, 2.45) is 0 Å². The fourth-order valence-electron chi connectivity index (χ4n) is 6.83. The molecule has 1 aliphatic carbocycles. The number of fused-ring (bicyclic) bond motifs is 5. The van der Waals surface area contributed by atoms with Crippen LogP contribution in [0.3, 0.4) is 0 Å². The molecular formula is C32H43NO4. The summed E-state index contributed by atoms with van der Waals surface area (Å²) in [5, 5.41) is 11.4. The Labute approximate surface area is 222 Å². The molecule has 2 heterocycles. The van der Waals surface area contributed by atoms with Gasteiger partial charge in [-0.1, -0.05) is 107 Å². The van der Waals surface area contributed by atoms with Crippen LogP contribution >= 0.6 is 0 Å². The van der Waals surface area contributed by atoms with E-state index >= 15 is 0 Å². The number of morpholine rings is 1. The van der Waals surface area contributed by atoms with Crippen molar-refractivity contribution in [3.05, 3.63) is 59.7 Å². The molecule has 1 amide bonds. The molecule has 5 heteroatoms. The van der Waals surface area contributed by atoms with Crippen molar-refractivity contribution in [3.8, 4) is 11.1 Å². The Kier molecular flexibility index (Phi) is 8.51.